The first kappa shape index (κ1) is 21.8. The smallest absolute Gasteiger partial charge is 0.273 e. The van der Waals surface area contributed by atoms with Gasteiger partial charge in [0.25, 0.3) is 11.8 Å². The van der Waals surface area contributed by atoms with Crippen LogP contribution >= 0.6 is 22.9 Å². The Morgan fingerprint density at radius 3 is 2.37 bits per heavy atom. The average molecular weight is 466 g/mol. The number of carbonyl (C=O) groups is 2. The predicted molar refractivity (Wildman–Crippen MR) is 113 cm³/mol. The van der Waals surface area contributed by atoms with E-state index in [1.54, 1.807) is 0 Å². The Kier molecular flexibility index (Phi) is 6.73. The van der Waals surface area contributed by atoms with Gasteiger partial charge in [-0.3, -0.25) is 20.4 Å². The maximum atomic E-state index is 12.3. The molecular weight excluding hydrogens is 450 g/mol. The number of thiophene rings is 1. The second-order valence-corrected chi connectivity index (χ2v) is 9.23. The molecule has 3 aromatic rings. The van der Waals surface area contributed by atoms with Crippen LogP contribution in [0.4, 0.5) is 0 Å². The molecule has 0 aliphatic rings. The number of hydrogen-bond acceptors (Lipinski definition) is 6. The number of aromatic hydroxyl groups is 1. The molecule has 0 saturated carbocycles. The molecule has 30 heavy (non-hydrogen) atoms. The molecule has 8 nitrogen and oxygen atoms in total. The van der Waals surface area contributed by atoms with E-state index in [2.05, 4.69) is 15.6 Å². The van der Waals surface area contributed by atoms with Crippen LogP contribution in [0.3, 0.4) is 0 Å². The van der Waals surface area contributed by atoms with E-state index in [0.717, 1.165) is 4.88 Å². The van der Waals surface area contributed by atoms with Crippen molar-refractivity contribution in [1.29, 1.82) is 0 Å². The number of phenolic OH excluding ortho intramolecular Hbond substituents is 1. The molecule has 1 heterocycles. The van der Waals surface area contributed by atoms with Crippen LogP contribution < -0.4 is 15.6 Å². The summed E-state index contributed by atoms with van der Waals surface area (Å²) in [6.07, 6.45) is 0. The van der Waals surface area contributed by atoms with E-state index in [1.165, 1.54) is 53.8 Å². The average Bonchev–Trinajstić information content (AvgIpc) is 3.26. The van der Waals surface area contributed by atoms with Gasteiger partial charge in [-0.1, -0.05) is 17.7 Å². The van der Waals surface area contributed by atoms with Gasteiger partial charge in [-0.2, -0.15) is 0 Å². The van der Waals surface area contributed by atoms with Gasteiger partial charge >= 0.3 is 0 Å². The fourth-order valence-electron chi connectivity index (χ4n) is 2.39. The number of hydrogen-bond donors (Lipinski definition) is 4. The van der Waals surface area contributed by atoms with Gasteiger partial charge in [0, 0.05) is 22.0 Å². The number of rotatable bonds is 6. The zero-order valence-electron chi connectivity index (χ0n) is 15.3. The van der Waals surface area contributed by atoms with Gasteiger partial charge in [0.15, 0.2) is 0 Å². The van der Waals surface area contributed by atoms with Crippen molar-refractivity contribution in [2.75, 3.05) is 0 Å². The van der Waals surface area contributed by atoms with Crippen LogP contribution in [0.25, 0.3) is 0 Å². The fourth-order valence-corrected chi connectivity index (χ4v) is 4.31. The molecule has 2 amide bonds. The number of halogens is 1. The van der Waals surface area contributed by atoms with Crippen LogP contribution in [0.15, 0.2) is 64.9 Å². The van der Waals surface area contributed by atoms with E-state index >= 15 is 0 Å². The lowest BCUT2D eigenvalue weighted by molar-refractivity contribution is 0.0845. The van der Waals surface area contributed by atoms with Gasteiger partial charge in [0.05, 0.1) is 10.5 Å². The molecular formula is C19H16ClN3O5S2. The Labute approximate surface area is 181 Å². The van der Waals surface area contributed by atoms with Crippen LogP contribution in [0.1, 0.15) is 25.6 Å². The monoisotopic (exact) mass is 465 g/mol. The molecule has 0 bridgehead atoms. The second kappa shape index (κ2) is 9.26. The van der Waals surface area contributed by atoms with Crippen LogP contribution in [-0.2, 0) is 16.6 Å². The molecule has 0 unspecified atom stereocenters. The normalized spacial score (nSPS) is 11.1. The minimum Gasteiger partial charge on any atom is -0.507 e. The number of amides is 2. The molecule has 0 aliphatic carbocycles. The van der Waals surface area contributed by atoms with Gasteiger partial charge in [0.2, 0.25) is 10.0 Å². The SMILES string of the molecule is O=C(NNC(=O)c1cc(Cl)ccc1O)c1ccc(S(=O)(=O)NCc2cccs2)cc1. The van der Waals surface area contributed by atoms with Gasteiger partial charge in [-0.15, -0.1) is 11.3 Å². The van der Waals surface area contributed by atoms with Crippen molar-refractivity contribution in [2.45, 2.75) is 11.4 Å². The molecule has 11 heteroatoms. The van der Waals surface area contributed by atoms with Crippen molar-refractivity contribution < 1.29 is 23.1 Å². The van der Waals surface area contributed by atoms with Gasteiger partial charge in [0.1, 0.15) is 5.75 Å². The Morgan fingerprint density at radius 2 is 1.70 bits per heavy atom. The van der Waals surface area contributed by atoms with Crippen molar-refractivity contribution in [3.63, 3.8) is 0 Å². The van der Waals surface area contributed by atoms with Gasteiger partial charge in [-0.05, 0) is 53.9 Å². The van der Waals surface area contributed by atoms with Crippen molar-refractivity contribution in [3.8, 4) is 5.75 Å². The molecule has 0 spiro atoms. The van der Waals surface area contributed by atoms with Crippen LogP contribution in [-0.4, -0.2) is 25.3 Å². The molecule has 0 saturated heterocycles. The summed E-state index contributed by atoms with van der Waals surface area (Å²) in [7, 11) is -3.73. The molecule has 0 atom stereocenters. The van der Waals surface area contributed by atoms with Gasteiger partial charge in [-0.25, -0.2) is 13.1 Å². The Hall–Kier alpha value is -2.92. The van der Waals surface area contributed by atoms with Crippen molar-refractivity contribution in [3.05, 3.63) is 81.0 Å². The minimum atomic E-state index is -3.73. The largest absolute Gasteiger partial charge is 0.507 e. The number of sulfonamides is 1. The van der Waals surface area contributed by atoms with Crippen molar-refractivity contribution >= 4 is 44.8 Å². The Balaban J connectivity index is 1.60. The maximum absolute atomic E-state index is 12.3. The highest BCUT2D eigenvalue weighted by Crippen LogP contribution is 2.21. The Bertz CT molecular complexity index is 1160. The molecule has 0 radical (unpaired) electrons. The molecule has 3 rings (SSSR count). The summed E-state index contributed by atoms with van der Waals surface area (Å²) in [5.41, 5.74) is 4.37. The number of nitrogens with one attached hydrogen (secondary N) is 3. The third kappa shape index (κ3) is 5.36. The summed E-state index contributed by atoms with van der Waals surface area (Å²) in [5.74, 6) is -1.73. The van der Waals surface area contributed by atoms with E-state index in [4.69, 9.17) is 11.6 Å². The molecule has 156 valence electrons. The summed E-state index contributed by atoms with van der Waals surface area (Å²) < 4.78 is 27.2. The standard InChI is InChI=1S/C19H16ClN3O5S2/c20-13-5-8-17(24)16(10-13)19(26)23-22-18(25)12-3-6-15(7-4-12)30(27,28)21-11-14-2-1-9-29-14/h1-10,21,24H,11H2,(H,22,25)(H,23,26). The zero-order chi connectivity index (χ0) is 21.7. The van der Waals surface area contributed by atoms with Crippen molar-refractivity contribution in [2.24, 2.45) is 0 Å². The lowest BCUT2D eigenvalue weighted by Gasteiger charge is -2.10. The fraction of sp³-hybridized carbons (Fsp3) is 0.0526. The first-order valence-electron chi connectivity index (χ1n) is 8.47. The van der Waals surface area contributed by atoms with Crippen LogP contribution in [0, 0.1) is 0 Å². The zero-order valence-corrected chi connectivity index (χ0v) is 17.6. The molecule has 2 aromatic carbocycles. The highest BCUT2D eigenvalue weighted by molar-refractivity contribution is 7.89. The lowest BCUT2D eigenvalue weighted by atomic mass is 10.2. The molecule has 4 N–H and O–H groups in total. The third-order valence-electron chi connectivity index (χ3n) is 3.94. The highest BCUT2D eigenvalue weighted by Gasteiger charge is 2.16. The Morgan fingerprint density at radius 1 is 1.00 bits per heavy atom. The predicted octanol–water partition coefficient (Wildman–Crippen LogP) is 2.66. The summed E-state index contributed by atoms with van der Waals surface area (Å²) in [6.45, 7) is 0.171. The summed E-state index contributed by atoms with van der Waals surface area (Å²) in [5, 5.41) is 11.8. The van der Waals surface area contributed by atoms with E-state index in [0.29, 0.717) is 0 Å². The maximum Gasteiger partial charge on any atom is 0.273 e. The second-order valence-electron chi connectivity index (χ2n) is 6.00. The van der Waals surface area contributed by atoms with E-state index in [9.17, 15) is 23.1 Å². The van der Waals surface area contributed by atoms with Crippen LogP contribution in [0.2, 0.25) is 5.02 Å². The van der Waals surface area contributed by atoms with Gasteiger partial charge < -0.3 is 5.11 Å². The first-order chi connectivity index (χ1) is 14.3. The summed E-state index contributed by atoms with van der Waals surface area (Å²) in [4.78, 5) is 25.1. The number of benzene rings is 2. The number of hydrazine groups is 1. The molecule has 0 fully saturated rings. The molecule has 1 aromatic heterocycles. The minimum absolute atomic E-state index is 0.00323. The lowest BCUT2D eigenvalue weighted by Crippen LogP contribution is -2.41. The number of carbonyl (C=O) groups excluding carboxylic acids is 2. The first-order valence-corrected chi connectivity index (χ1v) is 11.2. The van der Waals surface area contributed by atoms with Crippen molar-refractivity contribution in [1.82, 2.24) is 15.6 Å². The quantitative estimate of drug-likeness (QED) is 0.416. The summed E-state index contributed by atoms with van der Waals surface area (Å²) in [6, 6.07) is 12.8. The number of phenols is 1. The third-order valence-corrected chi connectivity index (χ3v) is 6.46. The molecule has 0 aliphatic heterocycles. The van der Waals surface area contributed by atoms with E-state index < -0.39 is 21.8 Å². The van der Waals surface area contributed by atoms with E-state index in [-0.39, 0.29) is 33.3 Å². The van der Waals surface area contributed by atoms with Crippen LogP contribution in [0.5, 0.6) is 5.75 Å². The highest BCUT2D eigenvalue weighted by atomic mass is 35.5. The summed E-state index contributed by atoms with van der Waals surface area (Å²) >= 11 is 7.23. The van der Waals surface area contributed by atoms with E-state index in [1.807, 2.05) is 17.5 Å². The topological polar surface area (TPSA) is 125 Å².